The highest BCUT2D eigenvalue weighted by Crippen LogP contribution is 2.25. The van der Waals surface area contributed by atoms with Crippen LogP contribution in [-0.4, -0.2) is 16.2 Å². The normalized spacial score (nSPS) is 10.2. The summed E-state index contributed by atoms with van der Waals surface area (Å²) in [5.41, 5.74) is 1.63. The lowest BCUT2D eigenvalue weighted by molar-refractivity contribution is -0.136. The van der Waals surface area contributed by atoms with E-state index in [0.717, 1.165) is 6.07 Å². The second-order valence-electron chi connectivity index (χ2n) is 4.02. The van der Waals surface area contributed by atoms with E-state index in [1.165, 1.54) is 12.1 Å². The molecule has 5 heteroatoms. The Labute approximate surface area is 109 Å². The van der Waals surface area contributed by atoms with Crippen LogP contribution in [0.15, 0.2) is 42.5 Å². The van der Waals surface area contributed by atoms with Crippen molar-refractivity contribution in [2.45, 2.75) is 6.42 Å². The van der Waals surface area contributed by atoms with Crippen molar-refractivity contribution < 1.29 is 19.4 Å². The second-order valence-corrected chi connectivity index (χ2v) is 4.02. The van der Waals surface area contributed by atoms with Gasteiger partial charge in [0, 0.05) is 17.4 Å². The number of hydrogen-bond donors (Lipinski definition) is 3. The van der Waals surface area contributed by atoms with E-state index in [2.05, 4.69) is 5.32 Å². The van der Waals surface area contributed by atoms with Crippen molar-refractivity contribution in [3.05, 3.63) is 53.8 Å². The minimum Gasteiger partial charge on any atom is -0.505 e. The number of carbonyl (C=O) groups is 1. The van der Waals surface area contributed by atoms with Gasteiger partial charge in [-0.05, 0) is 23.8 Å². The lowest BCUT2D eigenvalue weighted by Gasteiger charge is -2.11. The second kappa shape index (κ2) is 5.39. The van der Waals surface area contributed by atoms with Gasteiger partial charge in [-0.1, -0.05) is 18.2 Å². The molecule has 98 valence electrons. The van der Waals surface area contributed by atoms with Crippen LogP contribution in [0, 0.1) is 5.82 Å². The molecule has 0 saturated heterocycles. The van der Waals surface area contributed by atoms with Gasteiger partial charge in [-0.2, -0.15) is 0 Å². The van der Waals surface area contributed by atoms with E-state index < -0.39 is 17.5 Å². The molecule has 0 atom stereocenters. The third-order valence-corrected chi connectivity index (χ3v) is 2.59. The van der Waals surface area contributed by atoms with Crippen LogP contribution in [0.1, 0.15) is 5.56 Å². The van der Waals surface area contributed by atoms with E-state index in [0.29, 0.717) is 16.9 Å². The molecule has 0 aromatic heterocycles. The zero-order chi connectivity index (χ0) is 13.8. The summed E-state index contributed by atoms with van der Waals surface area (Å²) in [6, 6.07) is 10.8. The number of phenols is 1. The van der Waals surface area contributed by atoms with Crippen molar-refractivity contribution in [2.24, 2.45) is 0 Å². The highest BCUT2D eigenvalue weighted by atomic mass is 19.1. The minimum absolute atomic E-state index is 0.121. The van der Waals surface area contributed by atoms with Gasteiger partial charge in [-0.3, -0.25) is 4.79 Å². The predicted molar refractivity (Wildman–Crippen MR) is 69.1 cm³/mol. The average Bonchev–Trinajstić information content (AvgIpc) is 2.36. The summed E-state index contributed by atoms with van der Waals surface area (Å²) in [6.07, 6.45) is -0.121. The molecule has 0 saturated carbocycles. The SMILES string of the molecule is O=C(O)Cc1ccccc1Nc1ccc(O)c(F)c1. The Morgan fingerprint density at radius 1 is 1.21 bits per heavy atom. The van der Waals surface area contributed by atoms with Gasteiger partial charge >= 0.3 is 5.97 Å². The molecule has 2 aromatic rings. The number of aromatic hydroxyl groups is 1. The van der Waals surface area contributed by atoms with Crippen LogP contribution in [0.5, 0.6) is 5.75 Å². The topological polar surface area (TPSA) is 69.6 Å². The van der Waals surface area contributed by atoms with Crippen molar-refractivity contribution in [2.75, 3.05) is 5.32 Å². The van der Waals surface area contributed by atoms with Gasteiger partial charge in [0.2, 0.25) is 0 Å². The van der Waals surface area contributed by atoms with Crippen LogP contribution in [0.3, 0.4) is 0 Å². The first-order chi connectivity index (χ1) is 9.06. The van der Waals surface area contributed by atoms with Crippen molar-refractivity contribution in [1.29, 1.82) is 0 Å². The van der Waals surface area contributed by atoms with Crippen LogP contribution in [-0.2, 0) is 11.2 Å². The monoisotopic (exact) mass is 261 g/mol. The zero-order valence-electron chi connectivity index (χ0n) is 9.93. The zero-order valence-corrected chi connectivity index (χ0v) is 9.93. The number of hydrogen-bond acceptors (Lipinski definition) is 3. The van der Waals surface area contributed by atoms with Crippen LogP contribution >= 0.6 is 0 Å². The molecule has 0 amide bonds. The first kappa shape index (κ1) is 12.9. The maximum absolute atomic E-state index is 13.2. The van der Waals surface area contributed by atoms with Gasteiger partial charge in [0.15, 0.2) is 11.6 Å². The Balaban J connectivity index is 2.27. The van der Waals surface area contributed by atoms with Gasteiger partial charge < -0.3 is 15.5 Å². The predicted octanol–water partition coefficient (Wildman–Crippen LogP) is 2.90. The Morgan fingerprint density at radius 3 is 2.63 bits per heavy atom. The van der Waals surface area contributed by atoms with Crippen LogP contribution in [0.2, 0.25) is 0 Å². The van der Waals surface area contributed by atoms with E-state index in [4.69, 9.17) is 10.2 Å². The molecule has 4 nitrogen and oxygen atoms in total. The molecule has 0 fully saturated rings. The number of aliphatic carboxylic acids is 1. The Kier molecular flexibility index (Phi) is 3.66. The minimum atomic E-state index is -0.939. The van der Waals surface area contributed by atoms with Crippen molar-refractivity contribution in [3.63, 3.8) is 0 Å². The fourth-order valence-electron chi connectivity index (χ4n) is 1.70. The highest BCUT2D eigenvalue weighted by Gasteiger charge is 2.07. The quantitative estimate of drug-likeness (QED) is 0.740. The maximum Gasteiger partial charge on any atom is 0.307 e. The lowest BCUT2D eigenvalue weighted by atomic mass is 10.1. The Hall–Kier alpha value is -2.56. The molecule has 0 bridgehead atoms. The molecule has 3 N–H and O–H groups in total. The number of anilines is 2. The van der Waals surface area contributed by atoms with Crippen LogP contribution in [0.25, 0.3) is 0 Å². The molecular weight excluding hydrogens is 249 g/mol. The summed E-state index contributed by atoms with van der Waals surface area (Å²) in [5, 5.41) is 20.9. The summed E-state index contributed by atoms with van der Waals surface area (Å²) in [5.74, 6) is -2.10. The third kappa shape index (κ3) is 3.22. The van der Waals surface area contributed by atoms with Crippen molar-refractivity contribution in [3.8, 4) is 5.75 Å². The number of nitrogens with one attached hydrogen (secondary N) is 1. The molecule has 0 aliphatic carbocycles. The summed E-state index contributed by atoms with van der Waals surface area (Å²) in [7, 11) is 0. The van der Waals surface area contributed by atoms with Crippen LogP contribution < -0.4 is 5.32 Å². The van der Waals surface area contributed by atoms with Crippen molar-refractivity contribution >= 4 is 17.3 Å². The van der Waals surface area contributed by atoms with Crippen molar-refractivity contribution in [1.82, 2.24) is 0 Å². The Morgan fingerprint density at radius 2 is 1.95 bits per heavy atom. The fraction of sp³-hybridized carbons (Fsp3) is 0.0714. The number of rotatable bonds is 4. The first-order valence-electron chi connectivity index (χ1n) is 5.61. The summed E-state index contributed by atoms with van der Waals surface area (Å²) < 4.78 is 13.2. The molecular formula is C14H12FNO3. The van der Waals surface area contributed by atoms with Crippen LogP contribution in [0.4, 0.5) is 15.8 Å². The maximum atomic E-state index is 13.2. The number of benzene rings is 2. The largest absolute Gasteiger partial charge is 0.505 e. The molecule has 0 unspecified atom stereocenters. The van der Waals surface area contributed by atoms with Gasteiger partial charge in [-0.25, -0.2) is 4.39 Å². The summed E-state index contributed by atoms with van der Waals surface area (Å²) in [4.78, 5) is 10.8. The summed E-state index contributed by atoms with van der Waals surface area (Å²) in [6.45, 7) is 0. The molecule has 0 radical (unpaired) electrons. The number of carboxylic acids is 1. The number of phenolic OH excluding ortho intramolecular Hbond substituents is 1. The lowest BCUT2D eigenvalue weighted by Crippen LogP contribution is -2.03. The van der Waals surface area contributed by atoms with E-state index in [-0.39, 0.29) is 6.42 Å². The number of para-hydroxylation sites is 1. The molecule has 2 rings (SSSR count). The molecule has 0 aliphatic heterocycles. The first-order valence-corrected chi connectivity index (χ1v) is 5.61. The molecule has 0 aliphatic rings. The van der Waals surface area contributed by atoms with E-state index in [1.54, 1.807) is 24.3 Å². The van der Waals surface area contributed by atoms with Gasteiger partial charge in [0.05, 0.1) is 6.42 Å². The van der Waals surface area contributed by atoms with Gasteiger partial charge in [0.25, 0.3) is 0 Å². The fourth-order valence-corrected chi connectivity index (χ4v) is 1.70. The van der Waals surface area contributed by atoms with E-state index >= 15 is 0 Å². The summed E-state index contributed by atoms with van der Waals surface area (Å²) >= 11 is 0. The average molecular weight is 261 g/mol. The number of carboxylic acid groups (broad SMARTS) is 1. The van der Waals surface area contributed by atoms with Gasteiger partial charge in [0.1, 0.15) is 0 Å². The Bertz CT molecular complexity index is 613. The van der Waals surface area contributed by atoms with Gasteiger partial charge in [-0.15, -0.1) is 0 Å². The highest BCUT2D eigenvalue weighted by molar-refractivity contribution is 5.75. The standard InChI is InChI=1S/C14H12FNO3/c15-11-8-10(5-6-13(11)17)16-12-4-2-1-3-9(12)7-14(18)19/h1-6,8,16-17H,7H2,(H,18,19). The molecule has 0 heterocycles. The molecule has 19 heavy (non-hydrogen) atoms. The third-order valence-electron chi connectivity index (χ3n) is 2.59. The van der Waals surface area contributed by atoms with E-state index in [1.807, 2.05) is 0 Å². The van der Waals surface area contributed by atoms with E-state index in [9.17, 15) is 9.18 Å². The number of halogens is 1. The molecule has 0 spiro atoms. The molecule has 2 aromatic carbocycles. The smallest absolute Gasteiger partial charge is 0.307 e.